The van der Waals surface area contributed by atoms with Crippen LogP contribution in [0, 0.1) is 0 Å². The minimum atomic E-state index is -1.02. The third kappa shape index (κ3) is 3.60. The predicted molar refractivity (Wildman–Crippen MR) is 88.9 cm³/mol. The Kier molecular flexibility index (Phi) is 4.45. The first-order valence-corrected chi connectivity index (χ1v) is 8.10. The van der Waals surface area contributed by atoms with Gasteiger partial charge in [0.15, 0.2) is 0 Å². The summed E-state index contributed by atoms with van der Waals surface area (Å²) >= 11 is 7.16. The summed E-state index contributed by atoms with van der Waals surface area (Å²) in [7, 11) is 0. The van der Waals surface area contributed by atoms with Gasteiger partial charge in [0.1, 0.15) is 18.1 Å². The molecule has 5 nitrogen and oxygen atoms in total. The molecule has 2 aromatic rings. The van der Waals surface area contributed by atoms with E-state index < -0.39 is 5.97 Å². The molecule has 0 radical (unpaired) electrons. The van der Waals surface area contributed by atoms with E-state index in [0.717, 1.165) is 5.56 Å². The van der Waals surface area contributed by atoms with Crippen molar-refractivity contribution in [2.75, 3.05) is 12.4 Å². The molecular formula is C16H12ClNO4S. The molecule has 0 unspecified atom stereocenters. The lowest BCUT2D eigenvalue weighted by molar-refractivity contribution is -0.141. The second kappa shape index (κ2) is 6.52. The molecule has 1 fully saturated rings. The maximum Gasteiger partial charge on any atom is 0.323 e. The highest BCUT2D eigenvalue weighted by Crippen LogP contribution is 2.31. The van der Waals surface area contributed by atoms with E-state index in [0.29, 0.717) is 27.3 Å². The van der Waals surface area contributed by atoms with Gasteiger partial charge in [0, 0.05) is 10.6 Å². The summed E-state index contributed by atoms with van der Waals surface area (Å²) in [4.78, 5) is 24.5. The summed E-state index contributed by atoms with van der Waals surface area (Å²) in [6.45, 7) is -0.294. The summed E-state index contributed by atoms with van der Waals surface area (Å²) in [5.74, 6) is 0.237. The monoisotopic (exact) mass is 349 g/mol. The van der Waals surface area contributed by atoms with E-state index in [1.807, 2.05) is 18.2 Å². The van der Waals surface area contributed by atoms with Crippen LogP contribution < -0.4 is 0 Å². The van der Waals surface area contributed by atoms with Gasteiger partial charge in [0.05, 0.1) is 10.8 Å². The van der Waals surface area contributed by atoms with Gasteiger partial charge >= 0.3 is 5.97 Å². The van der Waals surface area contributed by atoms with Crippen molar-refractivity contribution in [3.63, 3.8) is 0 Å². The number of carboxylic acid groups (broad SMARTS) is 1. The van der Waals surface area contributed by atoms with Gasteiger partial charge in [0.2, 0.25) is 0 Å². The number of amides is 1. The standard InChI is InChI=1S/C16H12ClNO4S/c17-11-3-1-10(2-4-11)13-6-5-12(22-13)7-14-16(21)18(9-23-14)8-15(19)20/h1-7H,8-9H2,(H,19,20)/b14-7-. The largest absolute Gasteiger partial charge is 0.480 e. The molecule has 2 heterocycles. The SMILES string of the molecule is O=C(O)CN1CS/C(=C\c2ccc(-c3ccc(Cl)cc3)o2)C1=O. The average Bonchev–Trinajstić information content (AvgIpc) is 3.10. The third-order valence-electron chi connectivity index (χ3n) is 3.23. The molecule has 0 bridgehead atoms. The van der Waals surface area contributed by atoms with Crippen molar-refractivity contribution in [3.8, 4) is 11.3 Å². The zero-order valence-electron chi connectivity index (χ0n) is 11.9. The van der Waals surface area contributed by atoms with Crippen molar-refractivity contribution in [2.24, 2.45) is 0 Å². The molecule has 1 N–H and O–H groups in total. The van der Waals surface area contributed by atoms with Crippen LogP contribution in [0.2, 0.25) is 5.02 Å². The first-order chi connectivity index (χ1) is 11.0. The normalized spacial score (nSPS) is 16.3. The zero-order valence-corrected chi connectivity index (χ0v) is 13.4. The zero-order chi connectivity index (χ0) is 16.4. The van der Waals surface area contributed by atoms with E-state index in [9.17, 15) is 9.59 Å². The molecular weight excluding hydrogens is 338 g/mol. The van der Waals surface area contributed by atoms with Gasteiger partial charge in [-0.1, -0.05) is 23.4 Å². The molecule has 23 heavy (non-hydrogen) atoms. The van der Waals surface area contributed by atoms with Crippen molar-refractivity contribution in [2.45, 2.75) is 0 Å². The fourth-order valence-electron chi connectivity index (χ4n) is 2.14. The minimum Gasteiger partial charge on any atom is -0.480 e. The van der Waals surface area contributed by atoms with Crippen molar-refractivity contribution in [3.05, 3.63) is 52.1 Å². The lowest BCUT2D eigenvalue weighted by Gasteiger charge is -2.09. The Labute approximate surface area is 141 Å². The van der Waals surface area contributed by atoms with Gasteiger partial charge in [-0.25, -0.2) is 0 Å². The molecule has 0 spiro atoms. The number of carbonyl (C=O) groups is 2. The second-order valence-electron chi connectivity index (χ2n) is 4.89. The smallest absolute Gasteiger partial charge is 0.323 e. The van der Waals surface area contributed by atoms with Crippen LogP contribution in [0.25, 0.3) is 17.4 Å². The van der Waals surface area contributed by atoms with Crippen LogP contribution in [0.15, 0.2) is 45.7 Å². The topological polar surface area (TPSA) is 70.8 Å². The van der Waals surface area contributed by atoms with Crippen molar-refractivity contribution in [1.29, 1.82) is 0 Å². The van der Waals surface area contributed by atoms with Gasteiger partial charge in [-0.15, -0.1) is 0 Å². The highest BCUT2D eigenvalue weighted by Gasteiger charge is 2.28. The van der Waals surface area contributed by atoms with Gasteiger partial charge in [-0.05, 0) is 42.5 Å². The number of rotatable bonds is 4. The molecule has 118 valence electrons. The van der Waals surface area contributed by atoms with Crippen molar-refractivity contribution < 1.29 is 19.1 Å². The number of hydrogen-bond acceptors (Lipinski definition) is 4. The van der Waals surface area contributed by atoms with Crippen LogP contribution >= 0.6 is 23.4 Å². The molecule has 3 rings (SSSR count). The number of furan rings is 1. The van der Waals surface area contributed by atoms with E-state index >= 15 is 0 Å². The second-order valence-corrected chi connectivity index (χ2v) is 6.31. The Morgan fingerprint density at radius 3 is 2.74 bits per heavy atom. The highest BCUT2D eigenvalue weighted by molar-refractivity contribution is 8.04. The van der Waals surface area contributed by atoms with E-state index in [4.69, 9.17) is 21.1 Å². The van der Waals surface area contributed by atoms with E-state index in [1.54, 1.807) is 24.3 Å². The summed E-state index contributed by atoms with van der Waals surface area (Å²) in [6, 6.07) is 10.8. The Balaban J connectivity index is 1.77. The maximum atomic E-state index is 12.1. The Bertz CT molecular complexity index is 782. The summed E-state index contributed by atoms with van der Waals surface area (Å²) in [6.07, 6.45) is 1.63. The molecule has 1 aliphatic heterocycles. The van der Waals surface area contributed by atoms with Crippen LogP contribution in [0.4, 0.5) is 0 Å². The number of carbonyl (C=O) groups excluding carboxylic acids is 1. The lowest BCUT2D eigenvalue weighted by Crippen LogP contribution is -2.30. The molecule has 1 saturated heterocycles. The molecule has 0 atom stereocenters. The Hall–Kier alpha value is -2.18. The van der Waals surface area contributed by atoms with Gasteiger partial charge < -0.3 is 14.4 Å². The van der Waals surface area contributed by atoms with Gasteiger partial charge in [-0.3, -0.25) is 9.59 Å². The van der Waals surface area contributed by atoms with Crippen LogP contribution in [0.1, 0.15) is 5.76 Å². The van der Waals surface area contributed by atoms with Crippen molar-refractivity contribution in [1.82, 2.24) is 4.90 Å². The minimum absolute atomic E-state index is 0.290. The first-order valence-electron chi connectivity index (χ1n) is 6.74. The Morgan fingerprint density at radius 2 is 2.04 bits per heavy atom. The number of thioether (sulfide) groups is 1. The molecule has 0 saturated carbocycles. The molecule has 0 aliphatic carbocycles. The number of halogens is 1. The third-order valence-corrected chi connectivity index (χ3v) is 4.53. The molecule has 7 heteroatoms. The molecule has 1 aromatic carbocycles. The van der Waals surface area contributed by atoms with Gasteiger partial charge in [-0.2, -0.15) is 0 Å². The number of aliphatic carboxylic acids is 1. The van der Waals surface area contributed by atoms with Crippen LogP contribution in [-0.4, -0.2) is 34.3 Å². The number of carboxylic acids is 1. The number of hydrogen-bond donors (Lipinski definition) is 1. The average molecular weight is 350 g/mol. The Morgan fingerprint density at radius 1 is 1.30 bits per heavy atom. The predicted octanol–water partition coefficient (Wildman–Crippen LogP) is 3.56. The fraction of sp³-hybridized carbons (Fsp3) is 0.125. The van der Waals surface area contributed by atoms with Crippen molar-refractivity contribution >= 4 is 41.3 Å². The molecule has 1 amide bonds. The summed E-state index contributed by atoms with van der Waals surface area (Å²) < 4.78 is 5.72. The highest BCUT2D eigenvalue weighted by atomic mass is 35.5. The van der Waals surface area contributed by atoms with Gasteiger partial charge in [0.25, 0.3) is 5.91 Å². The fourth-order valence-corrected chi connectivity index (χ4v) is 3.22. The number of benzene rings is 1. The first kappa shape index (κ1) is 15.7. The molecule has 1 aliphatic rings. The summed E-state index contributed by atoms with van der Waals surface area (Å²) in [5, 5.41) is 9.41. The van der Waals surface area contributed by atoms with E-state index in [1.165, 1.54) is 16.7 Å². The number of nitrogens with zero attached hydrogens (tertiary/aromatic N) is 1. The molecule has 1 aromatic heterocycles. The summed E-state index contributed by atoms with van der Waals surface area (Å²) in [5.41, 5.74) is 0.886. The quantitative estimate of drug-likeness (QED) is 0.854. The van der Waals surface area contributed by atoms with Crippen LogP contribution in [0.5, 0.6) is 0 Å². The maximum absolute atomic E-state index is 12.1. The van der Waals surface area contributed by atoms with Crippen LogP contribution in [0.3, 0.4) is 0 Å². The lowest BCUT2D eigenvalue weighted by atomic mass is 10.2. The van der Waals surface area contributed by atoms with Crippen LogP contribution in [-0.2, 0) is 9.59 Å². The van der Waals surface area contributed by atoms with E-state index in [-0.39, 0.29) is 12.5 Å². The van der Waals surface area contributed by atoms with E-state index in [2.05, 4.69) is 0 Å².